The molecule has 7 heteroatoms. The quantitative estimate of drug-likeness (QED) is 0.791. The topological polar surface area (TPSA) is 51.2 Å². The Morgan fingerprint density at radius 1 is 1.05 bits per heavy atom. The molecule has 0 aromatic heterocycles. The minimum absolute atomic E-state index is 0.129. The zero-order chi connectivity index (χ0) is 15.6. The summed E-state index contributed by atoms with van der Waals surface area (Å²) in [7, 11) is -3.92. The Morgan fingerprint density at radius 3 is 2.38 bits per heavy atom. The summed E-state index contributed by atoms with van der Waals surface area (Å²) in [6.07, 6.45) is 0. The molecule has 2 aromatic rings. The van der Waals surface area contributed by atoms with Gasteiger partial charge in [-0.1, -0.05) is 29.3 Å². The van der Waals surface area contributed by atoms with Gasteiger partial charge < -0.3 is 0 Å². The van der Waals surface area contributed by atoms with Gasteiger partial charge in [-0.05, 0) is 36.4 Å². The van der Waals surface area contributed by atoms with E-state index in [1.54, 1.807) is 0 Å². The first-order valence-electron chi connectivity index (χ1n) is 5.76. The molecule has 0 fully saturated rings. The highest BCUT2D eigenvalue weighted by molar-refractivity contribution is 7.92. The highest BCUT2D eigenvalue weighted by Gasteiger charge is 2.21. The van der Waals surface area contributed by atoms with E-state index in [1.807, 2.05) is 0 Å². The minimum atomic E-state index is -3.92. The number of benzene rings is 2. The van der Waals surface area contributed by atoms with Gasteiger partial charge in [0, 0.05) is 5.56 Å². The van der Waals surface area contributed by atoms with Crippen LogP contribution in [-0.2, 0) is 9.84 Å². The maximum atomic E-state index is 13.1. The van der Waals surface area contributed by atoms with Crippen LogP contribution < -0.4 is 0 Å². The molecule has 0 bridgehead atoms. The lowest BCUT2D eigenvalue weighted by Crippen LogP contribution is -2.16. The first-order chi connectivity index (χ1) is 9.79. The summed E-state index contributed by atoms with van der Waals surface area (Å²) in [6.45, 7) is 0. The van der Waals surface area contributed by atoms with E-state index in [0.29, 0.717) is 0 Å². The second-order valence-electron chi connectivity index (χ2n) is 4.27. The molecule has 0 heterocycles. The summed E-state index contributed by atoms with van der Waals surface area (Å²) >= 11 is 11.5. The average Bonchev–Trinajstić information content (AvgIpc) is 2.41. The molecule has 0 aliphatic heterocycles. The number of rotatable bonds is 4. The summed E-state index contributed by atoms with van der Waals surface area (Å²) in [4.78, 5) is 11.8. The number of carbonyl (C=O) groups is 1. The summed E-state index contributed by atoms with van der Waals surface area (Å²) < 4.78 is 37.2. The van der Waals surface area contributed by atoms with Gasteiger partial charge >= 0.3 is 0 Å². The fraction of sp³-hybridized carbons (Fsp3) is 0.0714. The van der Waals surface area contributed by atoms with Crippen LogP contribution in [0.5, 0.6) is 0 Å². The number of sulfone groups is 1. The van der Waals surface area contributed by atoms with Gasteiger partial charge in [0.2, 0.25) is 0 Å². The Bertz CT molecular complexity index is 804. The second kappa shape index (κ2) is 6.13. The molecule has 0 atom stereocenters. The third-order valence-corrected chi connectivity index (χ3v) is 5.07. The van der Waals surface area contributed by atoms with Crippen LogP contribution in [0.25, 0.3) is 0 Å². The molecule has 2 rings (SSSR count). The lowest BCUT2D eigenvalue weighted by atomic mass is 10.1. The predicted octanol–water partition coefficient (Wildman–Crippen LogP) is 3.79. The molecule has 0 amide bonds. The zero-order valence-electron chi connectivity index (χ0n) is 10.5. The summed E-state index contributed by atoms with van der Waals surface area (Å²) in [5, 5.41) is 0.423. The monoisotopic (exact) mass is 346 g/mol. The SMILES string of the molecule is O=C(CS(=O)(=O)c1cccc(F)c1)c1ccc(Cl)c(Cl)c1. The standard InChI is InChI=1S/C14H9Cl2FO3S/c15-12-5-4-9(6-13(12)16)14(18)8-21(19,20)11-3-1-2-10(17)7-11/h1-7H,8H2. The van der Waals surface area contributed by atoms with Crippen molar-refractivity contribution in [2.45, 2.75) is 4.90 Å². The van der Waals surface area contributed by atoms with Crippen molar-refractivity contribution in [3.05, 3.63) is 63.9 Å². The van der Waals surface area contributed by atoms with Gasteiger partial charge in [-0.25, -0.2) is 12.8 Å². The highest BCUT2D eigenvalue weighted by atomic mass is 35.5. The molecule has 2 aromatic carbocycles. The highest BCUT2D eigenvalue weighted by Crippen LogP contribution is 2.23. The molecule has 0 radical (unpaired) electrons. The van der Waals surface area contributed by atoms with Crippen LogP contribution in [0, 0.1) is 5.82 Å². The smallest absolute Gasteiger partial charge is 0.185 e. The van der Waals surface area contributed by atoms with Crippen LogP contribution >= 0.6 is 23.2 Å². The molecule has 0 N–H and O–H groups in total. The van der Waals surface area contributed by atoms with E-state index in [1.165, 1.54) is 30.3 Å². The third kappa shape index (κ3) is 3.81. The largest absolute Gasteiger partial charge is 0.293 e. The molecule has 110 valence electrons. The van der Waals surface area contributed by atoms with Crippen molar-refractivity contribution in [2.24, 2.45) is 0 Å². The fourth-order valence-electron chi connectivity index (χ4n) is 1.67. The van der Waals surface area contributed by atoms with Gasteiger partial charge in [-0.2, -0.15) is 0 Å². The van der Waals surface area contributed by atoms with Crippen LogP contribution in [0.4, 0.5) is 4.39 Å². The maximum Gasteiger partial charge on any atom is 0.185 e. The van der Waals surface area contributed by atoms with Crippen molar-refractivity contribution in [1.29, 1.82) is 0 Å². The van der Waals surface area contributed by atoms with Crippen molar-refractivity contribution in [1.82, 2.24) is 0 Å². The Labute approximate surface area is 131 Å². The number of ketones is 1. The van der Waals surface area contributed by atoms with E-state index in [2.05, 4.69) is 0 Å². The molecular weight excluding hydrogens is 338 g/mol. The molecule has 0 unspecified atom stereocenters. The minimum Gasteiger partial charge on any atom is -0.293 e. The molecular formula is C14H9Cl2FO3S. The van der Waals surface area contributed by atoms with Crippen LogP contribution in [0.15, 0.2) is 47.4 Å². The first-order valence-corrected chi connectivity index (χ1v) is 8.17. The predicted molar refractivity (Wildman–Crippen MR) is 79.2 cm³/mol. The average molecular weight is 347 g/mol. The van der Waals surface area contributed by atoms with E-state index in [-0.39, 0.29) is 20.5 Å². The molecule has 0 saturated carbocycles. The van der Waals surface area contributed by atoms with Crippen LogP contribution in [0.1, 0.15) is 10.4 Å². The normalized spacial score (nSPS) is 11.4. The van der Waals surface area contributed by atoms with Crippen molar-refractivity contribution in [3.63, 3.8) is 0 Å². The number of hydrogen-bond acceptors (Lipinski definition) is 3. The van der Waals surface area contributed by atoms with Crippen molar-refractivity contribution in [2.75, 3.05) is 5.75 Å². The van der Waals surface area contributed by atoms with Crippen molar-refractivity contribution >= 4 is 38.8 Å². The van der Waals surface area contributed by atoms with E-state index >= 15 is 0 Å². The van der Waals surface area contributed by atoms with Crippen LogP contribution in [0.2, 0.25) is 10.0 Å². The Hall–Kier alpha value is -1.43. The van der Waals surface area contributed by atoms with E-state index in [0.717, 1.165) is 12.1 Å². The number of hydrogen-bond donors (Lipinski definition) is 0. The lowest BCUT2D eigenvalue weighted by Gasteiger charge is -2.05. The second-order valence-corrected chi connectivity index (χ2v) is 7.07. The lowest BCUT2D eigenvalue weighted by molar-refractivity contribution is 0.102. The number of Topliss-reactive ketones (excluding diaryl/α,β-unsaturated/α-hetero) is 1. The van der Waals surface area contributed by atoms with Crippen LogP contribution in [-0.4, -0.2) is 20.0 Å². The molecule has 0 aliphatic rings. The van der Waals surface area contributed by atoms with E-state index < -0.39 is 27.2 Å². The Morgan fingerprint density at radius 2 is 1.76 bits per heavy atom. The van der Waals surface area contributed by atoms with Gasteiger partial charge in [0.25, 0.3) is 0 Å². The summed E-state index contributed by atoms with van der Waals surface area (Å²) in [6, 6.07) is 8.60. The Balaban J connectivity index is 2.28. The van der Waals surface area contributed by atoms with Crippen molar-refractivity contribution < 1.29 is 17.6 Å². The Kier molecular flexibility index (Phi) is 4.66. The van der Waals surface area contributed by atoms with Gasteiger partial charge in [0.15, 0.2) is 15.6 Å². The van der Waals surface area contributed by atoms with Gasteiger partial charge in [-0.15, -0.1) is 0 Å². The molecule has 21 heavy (non-hydrogen) atoms. The summed E-state index contributed by atoms with van der Waals surface area (Å²) in [5.74, 6) is -2.09. The maximum absolute atomic E-state index is 13.1. The number of carbonyl (C=O) groups excluding carboxylic acids is 1. The zero-order valence-corrected chi connectivity index (χ0v) is 12.8. The van der Waals surface area contributed by atoms with Gasteiger partial charge in [0.05, 0.1) is 14.9 Å². The molecule has 0 aliphatic carbocycles. The van der Waals surface area contributed by atoms with Gasteiger partial charge in [0.1, 0.15) is 11.6 Å². The van der Waals surface area contributed by atoms with Gasteiger partial charge in [-0.3, -0.25) is 4.79 Å². The third-order valence-electron chi connectivity index (χ3n) is 2.72. The van der Waals surface area contributed by atoms with Crippen molar-refractivity contribution in [3.8, 4) is 0 Å². The first kappa shape index (κ1) is 15.9. The molecule has 0 saturated heterocycles. The van der Waals surface area contributed by atoms with E-state index in [4.69, 9.17) is 23.2 Å². The molecule has 3 nitrogen and oxygen atoms in total. The summed E-state index contributed by atoms with van der Waals surface area (Å²) in [5.41, 5.74) is 0.129. The molecule has 0 spiro atoms. The van der Waals surface area contributed by atoms with E-state index in [9.17, 15) is 17.6 Å². The van der Waals surface area contributed by atoms with Crippen LogP contribution in [0.3, 0.4) is 0 Å². The fourth-order valence-corrected chi connectivity index (χ4v) is 3.22. The number of halogens is 3.